The van der Waals surface area contributed by atoms with Crippen LogP contribution in [0.15, 0.2) is 22.7 Å². The van der Waals surface area contributed by atoms with Gasteiger partial charge in [0.15, 0.2) is 0 Å². The lowest BCUT2D eigenvalue weighted by Gasteiger charge is -2.34. The largest absolute Gasteiger partial charge is 0.399 e. The second kappa shape index (κ2) is 5.71. The molecule has 0 unspecified atom stereocenters. The Morgan fingerprint density at radius 1 is 1.28 bits per heavy atom. The smallest absolute Gasteiger partial charge is 0.254 e. The summed E-state index contributed by atoms with van der Waals surface area (Å²) in [7, 11) is 0. The number of carbonyl (C=O) groups excluding carboxylic acids is 1. The zero-order chi connectivity index (χ0) is 13.1. The van der Waals surface area contributed by atoms with E-state index in [0.29, 0.717) is 11.3 Å². The molecule has 1 saturated heterocycles. The van der Waals surface area contributed by atoms with E-state index in [1.54, 1.807) is 12.1 Å². The molecule has 1 aromatic rings. The van der Waals surface area contributed by atoms with Crippen molar-refractivity contribution in [3.8, 4) is 0 Å². The number of halogens is 1. The lowest BCUT2D eigenvalue weighted by atomic mass is 10.1. The Morgan fingerprint density at radius 2 is 1.94 bits per heavy atom. The summed E-state index contributed by atoms with van der Waals surface area (Å²) in [5.74, 6) is 0.0683. The maximum absolute atomic E-state index is 12.3. The molecule has 1 aromatic carbocycles. The second-order valence-electron chi connectivity index (χ2n) is 4.50. The van der Waals surface area contributed by atoms with Gasteiger partial charge in [-0.25, -0.2) is 0 Å². The van der Waals surface area contributed by atoms with Gasteiger partial charge in [-0.3, -0.25) is 4.79 Å². The molecule has 0 spiro atoms. The molecule has 0 aromatic heterocycles. The molecule has 1 aliphatic heterocycles. The summed E-state index contributed by atoms with van der Waals surface area (Å²) in [5.41, 5.74) is 7.03. The van der Waals surface area contributed by atoms with Gasteiger partial charge in [-0.05, 0) is 24.7 Å². The Labute approximate surface area is 116 Å². The lowest BCUT2D eigenvalue weighted by Crippen LogP contribution is -2.48. The fourth-order valence-electron chi connectivity index (χ4n) is 2.19. The average Bonchev–Trinajstić information content (AvgIpc) is 2.37. The van der Waals surface area contributed by atoms with Gasteiger partial charge >= 0.3 is 0 Å². The van der Waals surface area contributed by atoms with Crippen molar-refractivity contribution in [1.29, 1.82) is 0 Å². The second-order valence-corrected chi connectivity index (χ2v) is 5.42. The van der Waals surface area contributed by atoms with Gasteiger partial charge in [0.2, 0.25) is 0 Å². The third-order valence-corrected chi connectivity index (χ3v) is 3.73. The average molecular weight is 312 g/mol. The van der Waals surface area contributed by atoms with E-state index in [0.717, 1.165) is 37.2 Å². The van der Waals surface area contributed by atoms with Crippen LogP contribution < -0.4 is 5.73 Å². The van der Waals surface area contributed by atoms with Crippen LogP contribution in [0, 0.1) is 0 Å². The fourth-order valence-corrected chi connectivity index (χ4v) is 2.70. The Kier molecular flexibility index (Phi) is 4.24. The zero-order valence-electron chi connectivity index (χ0n) is 10.5. The number of anilines is 1. The minimum absolute atomic E-state index is 0.0683. The molecular formula is C13H18BrN3O. The molecule has 1 aliphatic rings. The van der Waals surface area contributed by atoms with E-state index < -0.39 is 0 Å². The molecule has 0 bridgehead atoms. The van der Waals surface area contributed by atoms with E-state index >= 15 is 0 Å². The number of hydrogen-bond donors (Lipinski definition) is 1. The summed E-state index contributed by atoms with van der Waals surface area (Å²) in [4.78, 5) is 16.6. The highest BCUT2D eigenvalue weighted by molar-refractivity contribution is 9.10. The molecule has 0 aliphatic carbocycles. The first kappa shape index (κ1) is 13.4. The minimum Gasteiger partial charge on any atom is -0.399 e. The van der Waals surface area contributed by atoms with E-state index in [-0.39, 0.29) is 5.91 Å². The number of rotatable bonds is 2. The predicted molar refractivity (Wildman–Crippen MR) is 76.6 cm³/mol. The van der Waals surface area contributed by atoms with Gasteiger partial charge in [0.05, 0.1) is 0 Å². The summed E-state index contributed by atoms with van der Waals surface area (Å²) in [6.45, 7) is 6.67. The third kappa shape index (κ3) is 3.03. The molecule has 2 rings (SSSR count). The van der Waals surface area contributed by atoms with Crippen LogP contribution in [0.25, 0.3) is 0 Å². The molecule has 0 saturated carbocycles. The Morgan fingerprint density at radius 3 is 2.50 bits per heavy atom. The van der Waals surface area contributed by atoms with Gasteiger partial charge in [-0.1, -0.05) is 22.9 Å². The number of piperazine rings is 1. The first-order valence-electron chi connectivity index (χ1n) is 6.18. The van der Waals surface area contributed by atoms with Crippen LogP contribution in [0.2, 0.25) is 0 Å². The molecule has 1 heterocycles. The summed E-state index contributed by atoms with van der Waals surface area (Å²) in [6.07, 6.45) is 0. The molecule has 5 heteroatoms. The van der Waals surface area contributed by atoms with Crippen LogP contribution in [0.4, 0.5) is 5.69 Å². The van der Waals surface area contributed by atoms with Crippen molar-refractivity contribution < 1.29 is 4.79 Å². The molecule has 1 fully saturated rings. The SMILES string of the molecule is CCN1CCN(C(=O)c2cc(N)cc(Br)c2)CC1. The lowest BCUT2D eigenvalue weighted by molar-refractivity contribution is 0.0643. The topological polar surface area (TPSA) is 49.6 Å². The highest BCUT2D eigenvalue weighted by Crippen LogP contribution is 2.19. The van der Waals surface area contributed by atoms with Gasteiger partial charge in [-0.2, -0.15) is 0 Å². The Balaban J connectivity index is 2.07. The van der Waals surface area contributed by atoms with Gasteiger partial charge in [0.25, 0.3) is 5.91 Å². The normalized spacial score (nSPS) is 16.9. The van der Waals surface area contributed by atoms with E-state index in [4.69, 9.17) is 5.73 Å². The molecule has 2 N–H and O–H groups in total. The Bertz CT molecular complexity index is 422. The number of benzene rings is 1. The monoisotopic (exact) mass is 311 g/mol. The van der Waals surface area contributed by atoms with E-state index in [2.05, 4.69) is 27.8 Å². The molecule has 1 amide bonds. The summed E-state index contributed by atoms with van der Waals surface area (Å²) in [5, 5.41) is 0. The number of carbonyl (C=O) groups is 1. The third-order valence-electron chi connectivity index (χ3n) is 3.27. The zero-order valence-corrected chi connectivity index (χ0v) is 12.1. The van der Waals surface area contributed by atoms with E-state index in [1.807, 2.05) is 11.0 Å². The van der Waals surface area contributed by atoms with Crippen molar-refractivity contribution in [3.05, 3.63) is 28.2 Å². The number of nitrogens with zero attached hydrogens (tertiary/aromatic N) is 2. The number of hydrogen-bond acceptors (Lipinski definition) is 3. The first-order chi connectivity index (χ1) is 8.60. The van der Waals surface area contributed by atoms with Crippen LogP contribution in [0.1, 0.15) is 17.3 Å². The fraction of sp³-hybridized carbons (Fsp3) is 0.462. The van der Waals surface area contributed by atoms with E-state index in [1.165, 1.54) is 0 Å². The number of amides is 1. The number of likely N-dealkylation sites (N-methyl/N-ethyl adjacent to an activating group) is 1. The Hall–Kier alpha value is -1.07. The highest BCUT2D eigenvalue weighted by Gasteiger charge is 2.21. The van der Waals surface area contributed by atoms with Gasteiger partial charge in [0, 0.05) is 41.9 Å². The van der Waals surface area contributed by atoms with Crippen LogP contribution in [0.5, 0.6) is 0 Å². The van der Waals surface area contributed by atoms with Crippen molar-refractivity contribution in [2.24, 2.45) is 0 Å². The molecule has 4 nitrogen and oxygen atoms in total. The van der Waals surface area contributed by atoms with Crippen LogP contribution in [0.3, 0.4) is 0 Å². The maximum atomic E-state index is 12.3. The van der Waals surface area contributed by atoms with Crippen molar-refractivity contribution in [1.82, 2.24) is 9.80 Å². The van der Waals surface area contributed by atoms with Gasteiger partial charge < -0.3 is 15.5 Å². The standard InChI is InChI=1S/C13H18BrN3O/c1-2-16-3-5-17(6-4-16)13(18)10-7-11(14)9-12(15)8-10/h7-9H,2-6,15H2,1H3. The van der Waals surface area contributed by atoms with Crippen molar-refractivity contribution >= 4 is 27.5 Å². The van der Waals surface area contributed by atoms with Crippen LogP contribution >= 0.6 is 15.9 Å². The number of nitrogen functional groups attached to an aromatic ring is 1. The summed E-state index contributed by atoms with van der Waals surface area (Å²) in [6, 6.07) is 5.36. The van der Waals surface area contributed by atoms with Crippen molar-refractivity contribution in [3.63, 3.8) is 0 Å². The van der Waals surface area contributed by atoms with Gasteiger partial charge in [-0.15, -0.1) is 0 Å². The molecule has 0 atom stereocenters. The first-order valence-corrected chi connectivity index (χ1v) is 6.97. The molecule has 98 valence electrons. The molecule has 18 heavy (non-hydrogen) atoms. The summed E-state index contributed by atoms with van der Waals surface area (Å²) >= 11 is 3.37. The minimum atomic E-state index is 0.0683. The maximum Gasteiger partial charge on any atom is 0.254 e. The molecule has 0 radical (unpaired) electrons. The van der Waals surface area contributed by atoms with Crippen LogP contribution in [-0.4, -0.2) is 48.4 Å². The van der Waals surface area contributed by atoms with Crippen molar-refractivity contribution in [2.45, 2.75) is 6.92 Å². The van der Waals surface area contributed by atoms with Crippen molar-refractivity contribution in [2.75, 3.05) is 38.5 Å². The van der Waals surface area contributed by atoms with E-state index in [9.17, 15) is 4.79 Å². The molecular weight excluding hydrogens is 294 g/mol. The van der Waals surface area contributed by atoms with Crippen LogP contribution in [-0.2, 0) is 0 Å². The predicted octanol–water partition coefficient (Wildman–Crippen LogP) is 1.81. The quantitative estimate of drug-likeness (QED) is 0.847. The number of nitrogens with two attached hydrogens (primary N) is 1. The van der Waals surface area contributed by atoms with Gasteiger partial charge in [0.1, 0.15) is 0 Å². The summed E-state index contributed by atoms with van der Waals surface area (Å²) < 4.78 is 0.845. The highest BCUT2D eigenvalue weighted by atomic mass is 79.9.